The van der Waals surface area contributed by atoms with Crippen LogP contribution in [0.2, 0.25) is 0 Å². The number of pyridine rings is 1. The van der Waals surface area contributed by atoms with Gasteiger partial charge in [0.2, 0.25) is 11.8 Å². The van der Waals surface area contributed by atoms with Gasteiger partial charge in [0.1, 0.15) is 11.6 Å². The zero-order chi connectivity index (χ0) is 31.4. The van der Waals surface area contributed by atoms with Gasteiger partial charge in [-0.1, -0.05) is 30.3 Å². The monoisotopic (exact) mass is 591 g/mol. The topological polar surface area (TPSA) is 196 Å². The van der Waals surface area contributed by atoms with Gasteiger partial charge in [0, 0.05) is 24.7 Å². The minimum atomic E-state index is -1.14. The smallest absolute Gasteiger partial charge is 0.323 e. The van der Waals surface area contributed by atoms with Gasteiger partial charge < -0.3 is 36.2 Å². The van der Waals surface area contributed by atoms with Crippen LogP contribution in [0.25, 0.3) is 0 Å². The third kappa shape index (κ3) is 10.5. The number of carbonyl (C=O) groups excluding carboxylic acids is 3. The number of urea groups is 1. The Hall–Kier alpha value is -5.46. The van der Waals surface area contributed by atoms with Crippen molar-refractivity contribution in [3.63, 3.8) is 0 Å². The van der Waals surface area contributed by atoms with E-state index in [0.717, 1.165) is 5.56 Å². The van der Waals surface area contributed by atoms with E-state index in [1.54, 1.807) is 30.3 Å². The zero-order valence-corrected chi connectivity index (χ0v) is 23.7. The fourth-order valence-corrected chi connectivity index (χ4v) is 4.09. The molecule has 3 aromatic rings. The molecule has 13 nitrogen and oxygen atoms in total. The first kappa shape index (κ1) is 32.1. The predicted molar refractivity (Wildman–Crippen MR) is 158 cm³/mol. The number of nitrogens with zero attached hydrogens (tertiary/aromatic N) is 1. The predicted octanol–water partition coefficient (Wildman–Crippen LogP) is 4.11. The second-order valence-electron chi connectivity index (χ2n) is 9.60. The molecule has 0 saturated carbocycles. The van der Waals surface area contributed by atoms with Gasteiger partial charge in [0.25, 0.3) is 0 Å². The van der Waals surface area contributed by atoms with Crippen LogP contribution in [-0.4, -0.2) is 52.1 Å². The first-order valence-electron chi connectivity index (χ1n) is 13.3. The number of aryl methyl sites for hydroxylation is 1. The van der Waals surface area contributed by atoms with Crippen LogP contribution in [0.3, 0.4) is 0 Å². The van der Waals surface area contributed by atoms with E-state index in [-0.39, 0.29) is 37.4 Å². The summed E-state index contributed by atoms with van der Waals surface area (Å²) in [5.74, 6) is -2.45. The summed E-state index contributed by atoms with van der Waals surface area (Å²) in [4.78, 5) is 63.5. The summed E-state index contributed by atoms with van der Waals surface area (Å²) in [7, 11) is 1.45. The lowest BCUT2D eigenvalue weighted by molar-refractivity contribution is -0.138. The SMILES string of the molecule is COc1cc(CC(=O)Nc2ccc(C(CC(=O)O)NC(=O)CCCC(=O)O)cn2)ccc1NC(=O)Nc1ccccc1C. The van der Waals surface area contributed by atoms with Gasteiger partial charge in [-0.2, -0.15) is 0 Å². The maximum atomic E-state index is 12.7. The van der Waals surface area contributed by atoms with E-state index in [9.17, 15) is 29.1 Å². The average Bonchev–Trinajstić information content (AvgIpc) is 2.94. The van der Waals surface area contributed by atoms with Crippen molar-refractivity contribution in [2.45, 2.75) is 45.1 Å². The van der Waals surface area contributed by atoms with Gasteiger partial charge in [-0.05, 0) is 54.3 Å². The van der Waals surface area contributed by atoms with Gasteiger partial charge in [0.05, 0.1) is 31.7 Å². The number of aliphatic carboxylic acids is 2. The summed E-state index contributed by atoms with van der Waals surface area (Å²) in [6.07, 6.45) is 0.811. The molecule has 0 saturated heterocycles. The molecular formula is C30H33N5O8. The first-order chi connectivity index (χ1) is 20.5. The van der Waals surface area contributed by atoms with E-state index in [2.05, 4.69) is 26.3 Å². The largest absolute Gasteiger partial charge is 0.495 e. The Kier molecular flexibility index (Phi) is 11.6. The minimum absolute atomic E-state index is 0.0243. The van der Waals surface area contributed by atoms with Crippen LogP contribution in [0.1, 0.15) is 48.4 Å². The molecule has 6 N–H and O–H groups in total. The Morgan fingerprint density at radius 1 is 0.860 bits per heavy atom. The van der Waals surface area contributed by atoms with Crippen LogP contribution in [0.15, 0.2) is 60.8 Å². The molecule has 43 heavy (non-hydrogen) atoms. The van der Waals surface area contributed by atoms with Crippen LogP contribution in [0.5, 0.6) is 5.75 Å². The van der Waals surface area contributed by atoms with Crippen molar-refractivity contribution in [1.29, 1.82) is 0 Å². The van der Waals surface area contributed by atoms with E-state index < -0.39 is 36.3 Å². The van der Waals surface area contributed by atoms with Crippen LogP contribution in [0, 0.1) is 6.92 Å². The molecule has 0 fully saturated rings. The third-order valence-electron chi connectivity index (χ3n) is 6.24. The Bertz CT molecular complexity index is 1480. The van der Waals surface area contributed by atoms with Crippen molar-refractivity contribution >= 4 is 47.0 Å². The standard InChI is InChI=1S/C30H33N5O8/c1-18-6-3-4-7-21(18)33-30(42)34-22-12-10-19(14-24(22)43-2)15-27(37)35-25-13-11-20(17-31-25)23(16-29(40)41)32-26(36)8-5-9-28(38)39/h3-4,6-7,10-14,17,23H,5,8-9,15-16H2,1-2H3,(H,32,36)(H,38,39)(H,40,41)(H,31,35,37)(H2,33,34,42). The molecule has 0 aliphatic heterocycles. The molecule has 4 amide bonds. The van der Waals surface area contributed by atoms with E-state index in [4.69, 9.17) is 9.84 Å². The van der Waals surface area contributed by atoms with Crippen LogP contribution >= 0.6 is 0 Å². The van der Waals surface area contributed by atoms with Gasteiger partial charge >= 0.3 is 18.0 Å². The molecule has 226 valence electrons. The first-order valence-corrected chi connectivity index (χ1v) is 13.3. The lowest BCUT2D eigenvalue weighted by atomic mass is 10.1. The molecule has 0 aliphatic rings. The third-order valence-corrected chi connectivity index (χ3v) is 6.24. The molecule has 13 heteroatoms. The van der Waals surface area contributed by atoms with Crippen LogP contribution < -0.4 is 26.0 Å². The molecule has 1 heterocycles. The number of amides is 4. The lowest BCUT2D eigenvalue weighted by Crippen LogP contribution is -2.30. The normalized spacial score (nSPS) is 11.1. The lowest BCUT2D eigenvalue weighted by Gasteiger charge is -2.17. The number of benzene rings is 2. The summed E-state index contributed by atoms with van der Waals surface area (Å²) in [5.41, 5.74) is 3.02. The maximum absolute atomic E-state index is 12.7. The molecule has 0 aliphatic carbocycles. The Labute approximate surface area is 247 Å². The highest BCUT2D eigenvalue weighted by Crippen LogP contribution is 2.27. The Balaban J connectivity index is 1.58. The Morgan fingerprint density at radius 2 is 1.60 bits per heavy atom. The number of para-hydroxylation sites is 1. The summed E-state index contributed by atoms with van der Waals surface area (Å²) < 4.78 is 5.40. The highest BCUT2D eigenvalue weighted by molar-refractivity contribution is 6.01. The molecule has 1 unspecified atom stereocenters. The van der Waals surface area contributed by atoms with Gasteiger partial charge in [-0.25, -0.2) is 9.78 Å². The van der Waals surface area contributed by atoms with Crippen molar-refractivity contribution in [2.24, 2.45) is 0 Å². The molecule has 0 spiro atoms. The average molecular weight is 592 g/mol. The van der Waals surface area contributed by atoms with Crippen molar-refractivity contribution < 1.29 is 38.9 Å². The second-order valence-corrected chi connectivity index (χ2v) is 9.60. The molecular weight excluding hydrogens is 558 g/mol. The number of carbonyl (C=O) groups is 5. The van der Waals surface area contributed by atoms with E-state index in [0.29, 0.717) is 28.3 Å². The molecule has 3 rings (SSSR count). The molecule has 0 bridgehead atoms. The molecule has 1 atom stereocenters. The number of methoxy groups -OCH3 is 1. The number of rotatable bonds is 14. The second kappa shape index (κ2) is 15.5. The van der Waals surface area contributed by atoms with E-state index in [1.807, 2.05) is 25.1 Å². The molecule has 1 aromatic heterocycles. The fourth-order valence-electron chi connectivity index (χ4n) is 4.09. The summed E-state index contributed by atoms with van der Waals surface area (Å²) in [6.45, 7) is 1.88. The minimum Gasteiger partial charge on any atom is -0.495 e. The van der Waals surface area contributed by atoms with Gasteiger partial charge in [0.15, 0.2) is 0 Å². The molecule has 0 radical (unpaired) electrons. The Morgan fingerprint density at radius 3 is 2.26 bits per heavy atom. The van der Waals surface area contributed by atoms with Crippen molar-refractivity contribution in [1.82, 2.24) is 10.3 Å². The molecule has 2 aromatic carbocycles. The van der Waals surface area contributed by atoms with Gasteiger partial charge in [-0.15, -0.1) is 0 Å². The number of carboxylic acid groups (broad SMARTS) is 2. The van der Waals surface area contributed by atoms with E-state index >= 15 is 0 Å². The van der Waals surface area contributed by atoms with Crippen molar-refractivity contribution in [3.05, 3.63) is 77.5 Å². The summed E-state index contributed by atoms with van der Waals surface area (Å²) >= 11 is 0. The van der Waals surface area contributed by atoms with Crippen molar-refractivity contribution in [3.8, 4) is 5.75 Å². The number of aromatic nitrogens is 1. The highest BCUT2D eigenvalue weighted by atomic mass is 16.5. The number of nitrogens with one attached hydrogen (secondary N) is 4. The van der Waals surface area contributed by atoms with E-state index in [1.165, 1.54) is 19.4 Å². The van der Waals surface area contributed by atoms with Crippen LogP contribution in [-0.2, 0) is 25.6 Å². The van der Waals surface area contributed by atoms with Gasteiger partial charge in [-0.3, -0.25) is 19.2 Å². The zero-order valence-electron chi connectivity index (χ0n) is 23.7. The summed E-state index contributed by atoms with van der Waals surface area (Å²) in [5, 5.41) is 28.7. The van der Waals surface area contributed by atoms with Crippen LogP contribution in [0.4, 0.5) is 22.0 Å². The number of hydrogen-bond acceptors (Lipinski definition) is 7. The number of hydrogen-bond donors (Lipinski definition) is 6. The summed E-state index contributed by atoms with van der Waals surface area (Å²) in [6, 6.07) is 14.0. The number of ether oxygens (including phenoxy) is 1. The highest BCUT2D eigenvalue weighted by Gasteiger charge is 2.19. The fraction of sp³-hybridized carbons (Fsp3) is 0.267. The number of carboxylic acids is 2. The number of anilines is 3. The van der Waals surface area contributed by atoms with Crippen molar-refractivity contribution in [2.75, 3.05) is 23.1 Å². The maximum Gasteiger partial charge on any atom is 0.323 e. The quantitative estimate of drug-likeness (QED) is 0.160.